The van der Waals surface area contributed by atoms with Crippen molar-refractivity contribution >= 4 is 23.0 Å². The summed E-state index contributed by atoms with van der Waals surface area (Å²) in [5.74, 6) is 1.39. The lowest BCUT2D eigenvalue weighted by atomic mass is 10.0. The van der Waals surface area contributed by atoms with Gasteiger partial charge in [-0.05, 0) is 61.2 Å². The molecule has 0 saturated carbocycles. The lowest BCUT2D eigenvalue weighted by Crippen LogP contribution is -2.59. The number of aryl methyl sites for hydroxylation is 2. The molecule has 2 fully saturated rings. The molecule has 2 saturated heterocycles. The van der Waals surface area contributed by atoms with Crippen molar-refractivity contribution in [2.45, 2.75) is 71.3 Å². The number of aromatic nitrogens is 4. The van der Waals surface area contributed by atoms with Gasteiger partial charge in [0.25, 0.3) is 5.56 Å². The van der Waals surface area contributed by atoms with Crippen LogP contribution in [0.5, 0.6) is 0 Å². The monoisotopic (exact) mass is 652 g/mol. The Hall–Kier alpha value is -4.19. The molecule has 7 rings (SSSR count). The second-order valence-electron chi connectivity index (χ2n) is 13.5. The highest BCUT2D eigenvalue weighted by atomic mass is 16.5. The van der Waals surface area contributed by atoms with Gasteiger partial charge in [-0.25, -0.2) is 9.97 Å². The van der Waals surface area contributed by atoms with Gasteiger partial charge >= 0.3 is 0 Å². The minimum absolute atomic E-state index is 0.152. The third-order valence-electron chi connectivity index (χ3n) is 10.2. The molecule has 0 amide bonds. The first-order valence-electron chi connectivity index (χ1n) is 17.5. The summed E-state index contributed by atoms with van der Waals surface area (Å²) in [7, 11) is 1.75. The molecule has 4 aromatic heterocycles. The van der Waals surface area contributed by atoms with Crippen LogP contribution >= 0.6 is 0 Å². The first-order chi connectivity index (χ1) is 23.4. The first kappa shape index (κ1) is 32.4. The second-order valence-corrected chi connectivity index (χ2v) is 13.5. The van der Waals surface area contributed by atoms with Crippen LogP contribution in [0.15, 0.2) is 59.9 Å². The summed E-state index contributed by atoms with van der Waals surface area (Å²) in [6, 6.07) is 11.0. The van der Waals surface area contributed by atoms with Crippen LogP contribution in [-0.4, -0.2) is 80.6 Å². The lowest BCUT2D eigenvalue weighted by Gasteiger charge is -2.46. The highest BCUT2D eigenvalue weighted by Crippen LogP contribution is 2.33. The van der Waals surface area contributed by atoms with Gasteiger partial charge in [0.05, 0.1) is 44.3 Å². The van der Waals surface area contributed by atoms with E-state index in [4.69, 9.17) is 14.7 Å². The number of anilines is 4. The van der Waals surface area contributed by atoms with Crippen molar-refractivity contribution in [3.63, 3.8) is 0 Å². The number of unbranched alkanes of at least 4 members (excludes halogenated alkanes) is 2. The molecule has 4 aromatic rings. The smallest absolute Gasteiger partial charge is 0.274 e. The SMILES string of the molecule is CCCCCc1cc2n(c1)CCN(c1nccc(-c3cc(Nc4ccc(N5CCN(C6COC6)C[C@@H]5C)cn4)c(=O)n(C)c3)c1CO)C2. The molecule has 0 unspecified atom stereocenters. The Bertz CT molecular complexity index is 1780. The summed E-state index contributed by atoms with van der Waals surface area (Å²) in [5, 5.41) is 13.9. The molecule has 2 N–H and O–H groups in total. The third-order valence-corrected chi connectivity index (χ3v) is 10.2. The maximum atomic E-state index is 13.3. The van der Waals surface area contributed by atoms with Gasteiger partial charge in [0.2, 0.25) is 0 Å². The van der Waals surface area contributed by atoms with Gasteiger partial charge in [-0.15, -0.1) is 0 Å². The summed E-state index contributed by atoms with van der Waals surface area (Å²) < 4.78 is 9.34. The van der Waals surface area contributed by atoms with E-state index in [-0.39, 0.29) is 12.2 Å². The van der Waals surface area contributed by atoms with Crippen LogP contribution in [-0.2, 0) is 37.9 Å². The van der Waals surface area contributed by atoms with Gasteiger partial charge in [0.1, 0.15) is 17.3 Å². The van der Waals surface area contributed by atoms with Gasteiger partial charge in [0.15, 0.2) is 0 Å². The van der Waals surface area contributed by atoms with Gasteiger partial charge < -0.3 is 34.1 Å². The summed E-state index contributed by atoms with van der Waals surface area (Å²) >= 11 is 0. The topological polar surface area (TPSA) is 104 Å². The second kappa shape index (κ2) is 14.1. The minimum Gasteiger partial charge on any atom is -0.392 e. The van der Waals surface area contributed by atoms with Crippen molar-refractivity contribution in [3.05, 3.63) is 82.3 Å². The number of aliphatic hydroxyl groups excluding tert-OH is 1. The zero-order valence-corrected chi connectivity index (χ0v) is 28.4. The van der Waals surface area contributed by atoms with Gasteiger partial charge in [-0.1, -0.05) is 19.8 Å². The molecule has 7 heterocycles. The van der Waals surface area contributed by atoms with Crippen LogP contribution < -0.4 is 20.7 Å². The number of pyridine rings is 3. The number of hydrogen-bond donors (Lipinski definition) is 2. The zero-order valence-electron chi connectivity index (χ0n) is 28.4. The number of ether oxygens (including phenoxy) is 1. The Balaban J connectivity index is 1.08. The number of nitrogens with one attached hydrogen (secondary N) is 1. The average molecular weight is 653 g/mol. The third kappa shape index (κ3) is 6.59. The molecule has 0 bridgehead atoms. The predicted octanol–water partition coefficient (Wildman–Crippen LogP) is 4.54. The van der Waals surface area contributed by atoms with Crippen LogP contribution in [0, 0.1) is 0 Å². The Morgan fingerprint density at radius 2 is 1.92 bits per heavy atom. The molecule has 0 radical (unpaired) electrons. The number of nitrogens with zero attached hydrogens (tertiary/aromatic N) is 7. The van der Waals surface area contributed by atoms with Crippen molar-refractivity contribution in [2.24, 2.45) is 7.05 Å². The number of rotatable bonds is 11. The van der Waals surface area contributed by atoms with E-state index in [9.17, 15) is 9.90 Å². The van der Waals surface area contributed by atoms with Crippen LogP contribution in [0.3, 0.4) is 0 Å². The molecule has 48 heavy (non-hydrogen) atoms. The number of aliphatic hydroxyl groups is 1. The molecule has 1 atom stereocenters. The molecule has 3 aliphatic rings. The molecule has 11 heteroatoms. The quantitative estimate of drug-likeness (QED) is 0.226. The summed E-state index contributed by atoms with van der Waals surface area (Å²) in [6.07, 6.45) is 12.6. The largest absolute Gasteiger partial charge is 0.392 e. The molecule has 0 aromatic carbocycles. The highest BCUT2D eigenvalue weighted by Gasteiger charge is 2.32. The molecule has 3 aliphatic heterocycles. The maximum Gasteiger partial charge on any atom is 0.274 e. The van der Waals surface area contributed by atoms with Crippen molar-refractivity contribution in [1.82, 2.24) is 24.0 Å². The number of piperazine rings is 1. The standard InChI is InChI=1S/C37H48N8O3/c1-4-5-6-7-27-16-30-22-44(13-12-43(30)20-27)36-33(23-46)32(10-11-38-36)28-17-34(37(47)41(3)21-28)40-35-9-8-29(18-39-35)45-15-14-42(19-26(45)2)31-24-48-25-31/h8-11,16-18,20-21,26,31,46H,4-7,12-15,19,22-25H2,1-3H3,(H,39,40)/t26-/m0/s1. The molecule has 11 nitrogen and oxygen atoms in total. The number of hydrogen-bond acceptors (Lipinski definition) is 9. The van der Waals surface area contributed by atoms with E-state index in [0.29, 0.717) is 23.6 Å². The fourth-order valence-corrected chi connectivity index (χ4v) is 7.39. The lowest BCUT2D eigenvalue weighted by molar-refractivity contribution is -0.0691. The van der Waals surface area contributed by atoms with Gasteiger partial charge in [0, 0.05) is 81.2 Å². The first-order valence-corrected chi connectivity index (χ1v) is 17.5. The Kier molecular flexibility index (Phi) is 9.52. The molecular weight excluding hydrogens is 604 g/mol. The number of fused-ring (bicyclic) bond motifs is 1. The van der Waals surface area contributed by atoms with Gasteiger partial charge in [-0.2, -0.15) is 0 Å². The van der Waals surface area contributed by atoms with Crippen LogP contribution in [0.4, 0.5) is 23.0 Å². The van der Waals surface area contributed by atoms with E-state index < -0.39 is 0 Å². The Morgan fingerprint density at radius 3 is 2.65 bits per heavy atom. The highest BCUT2D eigenvalue weighted by molar-refractivity contribution is 5.75. The van der Waals surface area contributed by atoms with Crippen LogP contribution in [0.2, 0.25) is 0 Å². The zero-order chi connectivity index (χ0) is 33.2. The van der Waals surface area contributed by atoms with Crippen molar-refractivity contribution in [3.8, 4) is 11.1 Å². The van der Waals surface area contributed by atoms with E-state index in [1.54, 1.807) is 17.8 Å². The van der Waals surface area contributed by atoms with E-state index in [0.717, 1.165) is 87.1 Å². The average Bonchev–Trinajstić information content (AvgIpc) is 3.48. The van der Waals surface area contributed by atoms with Crippen molar-refractivity contribution in [1.29, 1.82) is 0 Å². The van der Waals surface area contributed by atoms with Crippen molar-refractivity contribution in [2.75, 3.05) is 54.5 Å². The predicted molar refractivity (Wildman–Crippen MR) is 190 cm³/mol. The van der Waals surface area contributed by atoms with E-state index in [2.05, 4.69) is 56.8 Å². The molecular formula is C37H48N8O3. The summed E-state index contributed by atoms with van der Waals surface area (Å²) in [6.45, 7) is 11.4. The molecule has 0 spiro atoms. The van der Waals surface area contributed by atoms with E-state index in [1.165, 1.54) is 30.5 Å². The summed E-state index contributed by atoms with van der Waals surface area (Å²) in [4.78, 5) is 29.9. The Morgan fingerprint density at radius 1 is 1.04 bits per heavy atom. The van der Waals surface area contributed by atoms with Crippen LogP contribution in [0.25, 0.3) is 11.1 Å². The van der Waals surface area contributed by atoms with E-state index >= 15 is 0 Å². The maximum absolute atomic E-state index is 13.3. The van der Waals surface area contributed by atoms with Crippen LogP contribution in [0.1, 0.15) is 49.9 Å². The Labute approximate surface area is 282 Å². The molecule has 254 valence electrons. The van der Waals surface area contributed by atoms with E-state index in [1.807, 2.05) is 30.6 Å². The van der Waals surface area contributed by atoms with Gasteiger partial charge in [-0.3, -0.25) is 9.69 Å². The fraction of sp³-hybridized carbons (Fsp3) is 0.486. The fourth-order valence-electron chi connectivity index (χ4n) is 7.39. The molecule has 0 aliphatic carbocycles. The normalized spacial score (nSPS) is 18.5. The minimum atomic E-state index is -0.159. The van der Waals surface area contributed by atoms with Crippen molar-refractivity contribution < 1.29 is 9.84 Å². The summed E-state index contributed by atoms with van der Waals surface area (Å²) in [5.41, 5.74) is 6.45.